The van der Waals surface area contributed by atoms with Crippen molar-refractivity contribution in [3.63, 3.8) is 0 Å². The molecule has 7 aromatic carbocycles. The third kappa shape index (κ3) is 3.70. The minimum atomic E-state index is -0.299. The first kappa shape index (κ1) is 30.5. The van der Waals surface area contributed by atoms with Crippen LogP contribution in [0.4, 0.5) is 0 Å². The van der Waals surface area contributed by atoms with Gasteiger partial charge in [-0.05, 0) is 70.8 Å². The van der Waals surface area contributed by atoms with Gasteiger partial charge in [-0.1, -0.05) is 113 Å². The summed E-state index contributed by atoms with van der Waals surface area (Å²) in [5, 5.41) is 6.81. The van der Waals surface area contributed by atoms with Gasteiger partial charge in [0.15, 0.2) is 0 Å². The summed E-state index contributed by atoms with van der Waals surface area (Å²) in [6.45, 7) is 9.32. The van der Waals surface area contributed by atoms with Crippen LogP contribution in [0.2, 0.25) is 0 Å². The van der Waals surface area contributed by atoms with Crippen LogP contribution >= 0.6 is 0 Å². The molecule has 0 spiro atoms. The highest BCUT2D eigenvalue weighted by molar-refractivity contribution is 6.12. The van der Waals surface area contributed by atoms with E-state index in [0.29, 0.717) is 0 Å². The molecule has 11 aromatic rings. The van der Waals surface area contributed by atoms with Crippen LogP contribution in [0.1, 0.15) is 49.9 Å². The Balaban J connectivity index is 0.953. The number of furan rings is 4. The normalized spacial score (nSPS) is 15.1. The number of benzene rings is 7. The highest BCUT2D eigenvalue weighted by Crippen LogP contribution is 2.60. The number of rotatable bonds is 2. The predicted molar refractivity (Wildman–Crippen MR) is 227 cm³/mol. The predicted octanol–water partition coefficient (Wildman–Crippen LogP) is 14.9. The Morgan fingerprint density at radius 3 is 1.21 bits per heavy atom. The van der Waals surface area contributed by atoms with Gasteiger partial charge in [-0.15, -0.1) is 0 Å². The fraction of sp³-hybridized carbons (Fsp3) is 0.115. The summed E-state index contributed by atoms with van der Waals surface area (Å²) in [7, 11) is 0. The fourth-order valence-corrected chi connectivity index (χ4v) is 10.4. The molecule has 0 unspecified atom stereocenters. The number of hydrogen-bond acceptors (Lipinski definition) is 4. The molecule has 56 heavy (non-hydrogen) atoms. The van der Waals surface area contributed by atoms with Crippen molar-refractivity contribution < 1.29 is 17.7 Å². The molecule has 0 N–H and O–H groups in total. The summed E-state index contributed by atoms with van der Waals surface area (Å²) in [6.07, 6.45) is 0. The fourth-order valence-electron chi connectivity index (χ4n) is 10.4. The Kier molecular flexibility index (Phi) is 5.50. The minimum Gasteiger partial charge on any atom is -0.456 e. The Morgan fingerprint density at radius 2 is 0.750 bits per heavy atom. The number of para-hydroxylation sites is 4. The summed E-state index contributed by atoms with van der Waals surface area (Å²) in [5.41, 5.74) is 16.6. The molecule has 0 radical (unpaired) electrons. The van der Waals surface area contributed by atoms with Gasteiger partial charge in [0.05, 0.1) is 0 Å². The molecule has 0 aliphatic heterocycles. The van der Waals surface area contributed by atoms with Crippen molar-refractivity contribution in [1.29, 1.82) is 0 Å². The van der Waals surface area contributed by atoms with Crippen molar-refractivity contribution in [1.82, 2.24) is 0 Å². The van der Waals surface area contributed by atoms with Crippen LogP contribution in [-0.4, -0.2) is 0 Å². The SMILES string of the molecule is CC1(C)c2cc3c(cc2-c2oc4ccc(-c5cccc6c5oc5ccccc56)cc4c21)C(C)(C)c1c-3oc2ccc(-c3cccc4c3oc3ccccc34)cc12. The van der Waals surface area contributed by atoms with E-state index in [4.69, 9.17) is 17.7 Å². The summed E-state index contributed by atoms with van der Waals surface area (Å²) >= 11 is 0. The van der Waals surface area contributed by atoms with Gasteiger partial charge < -0.3 is 17.7 Å². The van der Waals surface area contributed by atoms with E-state index in [-0.39, 0.29) is 10.8 Å². The van der Waals surface area contributed by atoms with Crippen LogP contribution in [0.15, 0.2) is 151 Å². The smallest absolute Gasteiger partial charge is 0.143 e. The maximum Gasteiger partial charge on any atom is 0.143 e. The van der Waals surface area contributed by atoms with Gasteiger partial charge in [0.1, 0.15) is 45.0 Å². The van der Waals surface area contributed by atoms with E-state index in [1.54, 1.807) is 0 Å². The van der Waals surface area contributed by atoms with Crippen LogP contribution in [-0.2, 0) is 10.8 Å². The largest absolute Gasteiger partial charge is 0.456 e. The lowest BCUT2D eigenvalue weighted by Gasteiger charge is -2.24. The Hall–Kier alpha value is -6.78. The van der Waals surface area contributed by atoms with Crippen LogP contribution in [0.3, 0.4) is 0 Å². The maximum absolute atomic E-state index is 6.82. The van der Waals surface area contributed by atoms with Crippen LogP contribution in [0, 0.1) is 0 Å². The third-order valence-corrected chi connectivity index (χ3v) is 13.1. The van der Waals surface area contributed by atoms with Gasteiger partial charge >= 0.3 is 0 Å². The molecular weight excluding hydrogens is 689 g/mol. The van der Waals surface area contributed by atoms with Gasteiger partial charge in [-0.3, -0.25) is 0 Å². The van der Waals surface area contributed by atoms with Gasteiger partial charge in [-0.2, -0.15) is 0 Å². The van der Waals surface area contributed by atoms with E-state index in [1.807, 2.05) is 24.3 Å². The van der Waals surface area contributed by atoms with Crippen molar-refractivity contribution in [2.75, 3.05) is 0 Å². The van der Waals surface area contributed by atoms with Crippen molar-refractivity contribution in [2.24, 2.45) is 0 Å². The van der Waals surface area contributed by atoms with Gasteiger partial charge in [-0.25, -0.2) is 0 Å². The van der Waals surface area contributed by atoms with Crippen molar-refractivity contribution in [3.05, 3.63) is 156 Å². The molecular formula is C52H34O4. The second-order valence-electron chi connectivity index (χ2n) is 16.8. The van der Waals surface area contributed by atoms with E-state index in [1.165, 1.54) is 33.4 Å². The minimum absolute atomic E-state index is 0.299. The van der Waals surface area contributed by atoms with Gasteiger partial charge in [0.2, 0.25) is 0 Å². The van der Waals surface area contributed by atoms with Crippen LogP contribution in [0.5, 0.6) is 0 Å². The lowest BCUT2D eigenvalue weighted by atomic mass is 9.78. The zero-order chi connectivity index (χ0) is 37.2. The van der Waals surface area contributed by atoms with Crippen molar-refractivity contribution in [2.45, 2.75) is 38.5 Å². The number of fused-ring (bicyclic) bond motifs is 16. The first-order valence-electron chi connectivity index (χ1n) is 19.4. The topological polar surface area (TPSA) is 52.6 Å². The lowest BCUT2D eigenvalue weighted by Crippen LogP contribution is -2.17. The molecule has 4 heteroatoms. The molecule has 0 amide bonds. The molecule has 4 nitrogen and oxygen atoms in total. The van der Waals surface area contributed by atoms with E-state index in [9.17, 15) is 0 Å². The standard InChI is InChI=1S/C52H34O4/c1-51(2)39-25-36-40(26-35(39)49-45(51)37-23-27(19-21-43(37)55-49)29-13-9-15-33-31-11-5-7-17-41(31)53-47(29)33)52(3,4)46-38-24-28(20-22-44(38)56-50(36)46)30-14-10-16-34-32-12-6-8-18-42(32)54-48(30)34/h5-26H,1-4H3. The quantitative estimate of drug-likeness (QED) is 0.178. The van der Waals surface area contributed by atoms with E-state index >= 15 is 0 Å². The first-order chi connectivity index (χ1) is 27.3. The zero-order valence-electron chi connectivity index (χ0n) is 31.3. The molecule has 0 saturated carbocycles. The van der Waals surface area contributed by atoms with Gasteiger partial charge in [0.25, 0.3) is 0 Å². The maximum atomic E-state index is 6.82. The molecule has 266 valence electrons. The number of hydrogen-bond donors (Lipinski definition) is 0. The summed E-state index contributed by atoms with van der Waals surface area (Å²) < 4.78 is 26.5. The summed E-state index contributed by atoms with van der Waals surface area (Å²) in [4.78, 5) is 0. The average Bonchev–Trinajstić information content (AvgIpc) is 4.04. The molecule has 0 fully saturated rings. The zero-order valence-corrected chi connectivity index (χ0v) is 31.3. The Labute approximate surface area is 321 Å². The summed E-state index contributed by atoms with van der Waals surface area (Å²) in [6, 6.07) is 47.3. The molecule has 0 bridgehead atoms. The molecule has 0 saturated heterocycles. The molecule has 4 aromatic heterocycles. The molecule has 13 rings (SSSR count). The first-order valence-corrected chi connectivity index (χ1v) is 19.4. The monoisotopic (exact) mass is 722 g/mol. The van der Waals surface area contributed by atoms with Crippen LogP contribution in [0.25, 0.3) is 111 Å². The van der Waals surface area contributed by atoms with E-state index in [2.05, 4.69) is 137 Å². The molecule has 4 heterocycles. The van der Waals surface area contributed by atoms with E-state index < -0.39 is 0 Å². The third-order valence-electron chi connectivity index (χ3n) is 13.1. The van der Waals surface area contributed by atoms with E-state index in [0.717, 1.165) is 99.6 Å². The van der Waals surface area contributed by atoms with Crippen LogP contribution < -0.4 is 0 Å². The van der Waals surface area contributed by atoms with Crippen molar-refractivity contribution in [3.8, 4) is 44.9 Å². The lowest BCUT2D eigenvalue weighted by molar-refractivity contribution is 0.617. The average molecular weight is 723 g/mol. The molecule has 2 aliphatic carbocycles. The Bertz CT molecular complexity index is 3300. The second kappa shape index (κ2) is 10.1. The highest BCUT2D eigenvalue weighted by atomic mass is 16.3. The second-order valence-corrected chi connectivity index (χ2v) is 16.8. The van der Waals surface area contributed by atoms with Crippen molar-refractivity contribution >= 4 is 65.8 Å². The highest BCUT2D eigenvalue weighted by Gasteiger charge is 2.46. The Morgan fingerprint density at radius 1 is 0.339 bits per heavy atom. The van der Waals surface area contributed by atoms with Gasteiger partial charge in [0, 0.05) is 76.5 Å². The molecule has 0 atom stereocenters. The summed E-state index contributed by atoms with van der Waals surface area (Å²) in [5.74, 6) is 1.93. The molecule has 2 aliphatic rings.